The molecule has 0 atom stereocenters. The molecule has 0 aromatic rings. The van der Waals surface area contributed by atoms with Gasteiger partial charge >= 0.3 is 0 Å². The van der Waals surface area contributed by atoms with Gasteiger partial charge in [-0.2, -0.15) is 0 Å². The molecule has 1 heterocycles. The summed E-state index contributed by atoms with van der Waals surface area (Å²) in [5, 5.41) is 3.08. The summed E-state index contributed by atoms with van der Waals surface area (Å²) in [6, 6.07) is 0. The minimum Gasteiger partial charge on any atom is -0.317 e. The molecule has 0 unspecified atom stereocenters. The molecule has 0 bridgehead atoms. The zero-order valence-corrected chi connectivity index (χ0v) is 5.81. The number of carbonyl (C=O) groups is 1. The smallest absolute Gasteiger partial charge is 0.258 e. The molecule has 1 amide bonds. The minimum atomic E-state index is -0.856. The lowest BCUT2D eigenvalue weighted by molar-refractivity contribution is -0.124. The normalized spacial score (nSPS) is 24.1. The number of rotatable bonds is 1. The topological polar surface area (TPSA) is 78.9 Å². The first-order valence-corrected chi connectivity index (χ1v) is 3.41. The second-order valence-corrected chi connectivity index (χ2v) is 2.74. The van der Waals surface area contributed by atoms with E-state index in [0.29, 0.717) is 12.8 Å². The fraction of sp³-hybridized carbons (Fsp3) is 0.833. The molecule has 1 rings (SSSR count). The monoisotopic (exact) mass is 142 g/mol. The fourth-order valence-corrected chi connectivity index (χ4v) is 1.10. The third-order valence-electron chi connectivity index (χ3n) is 1.95. The average Bonchev–Trinajstić information content (AvgIpc) is 1.89. The van der Waals surface area contributed by atoms with Gasteiger partial charge in [-0.3, -0.25) is 10.5 Å². The molecule has 57 valence electrons. The summed E-state index contributed by atoms with van der Waals surface area (Å²) in [4.78, 5) is 10.6. The Labute approximate surface area is 59.9 Å². The summed E-state index contributed by atoms with van der Waals surface area (Å²) in [5.74, 6) is -0.631. The van der Waals surface area contributed by atoms with Crippen molar-refractivity contribution in [1.82, 2.24) is 11.1 Å². The van der Waals surface area contributed by atoms with Crippen LogP contribution in [0.3, 0.4) is 0 Å². The van der Waals surface area contributed by atoms with Crippen LogP contribution in [0.2, 0.25) is 0 Å². The first kappa shape index (κ1) is 7.50. The van der Waals surface area contributed by atoms with Gasteiger partial charge in [0.1, 0.15) is 0 Å². The van der Waals surface area contributed by atoms with Gasteiger partial charge < -0.3 is 11.1 Å². The summed E-state index contributed by atoms with van der Waals surface area (Å²) in [6.07, 6.45) is 1.19. The predicted octanol–water partition coefficient (Wildman–Crippen LogP) is -1.12. The second-order valence-electron chi connectivity index (χ2n) is 2.74. The molecule has 4 N–H and O–H groups in total. The van der Waals surface area contributed by atoms with Crippen LogP contribution in [0, 0.1) is 0 Å². The van der Waals surface area contributed by atoms with E-state index in [0.717, 1.165) is 13.1 Å². The zero-order chi connectivity index (χ0) is 7.61. The minimum absolute atomic E-state index is 0.593. The van der Waals surface area contributed by atoms with Crippen LogP contribution in [0.5, 0.6) is 0 Å². The molecule has 4 nitrogen and oxygen atoms in total. The average molecular weight is 142 g/mol. The highest BCUT2D eigenvalue weighted by molar-refractivity contribution is 5.83. The number of hydrogen-bond donors (Lipinski definition) is 2. The van der Waals surface area contributed by atoms with Gasteiger partial charge in [0.05, 0.1) is 5.54 Å². The van der Waals surface area contributed by atoms with Crippen LogP contribution in [-0.4, -0.2) is 24.5 Å². The van der Waals surface area contributed by atoms with Gasteiger partial charge in [0, 0.05) is 0 Å². The van der Waals surface area contributed by atoms with E-state index in [1.807, 2.05) is 0 Å². The molecule has 0 saturated carbocycles. The molecular formula is C6H12N3O. The maximum absolute atomic E-state index is 10.6. The Morgan fingerprint density at radius 3 is 2.30 bits per heavy atom. The van der Waals surface area contributed by atoms with Crippen molar-refractivity contribution >= 4 is 5.91 Å². The van der Waals surface area contributed by atoms with E-state index in [4.69, 9.17) is 11.5 Å². The molecule has 0 spiro atoms. The Morgan fingerprint density at radius 1 is 1.50 bits per heavy atom. The van der Waals surface area contributed by atoms with E-state index >= 15 is 0 Å². The largest absolute Gasteiger partial charge is 0.317 e. The van der Waals surface area contributed by atoms with Gasteiger partial charge in [-0.1, -0.05) is 0 Å². The number of amides is 1. The van der Waals surface area contributed by atoms with E-state index in [2.05, 4.69) is 5.32 Å². The lowest BCUT2D eigenvalue weighted by Gasteiger charge is -2.29. The number of nitrogens with one attached hydrogen (secondary N) is 2. The molecule has 0 aliphatic carbocycles. The molecular weight excluding hydrogens is 130 g/mol. The first-order chi connectivity index (χ1) is 4.65. The summed E-state index contributed by atoms with van der Waals surface area (Å²) in [7, 11) is 0. The molecule has 1 radical (unpaired) electrons. The standard InChI is InChI=1S/C6H12N3O/c7-5(10)6(8)1-3-9-4-2-6/h7,9H,1-4,8H2. The molecule has 1 aliphatic heterocycles. The lowest BCUT2D eigenvalue weighted by Crippen LogP contribution is -2.55. The number of carbonyl (C=O) groups excluding carboxylic acids is 1. The van der Waals surface area contributed by atoms with Crippen LogP contribution in [0.4, 0.5) is 0 Å². The Balaban J connectivity index is 2.56. The van der Waals surface area contributed by atoms with E-state index in [9.17, 15) is 4.79 Å². The Bertz CT molecular complexity index is 140. The van der Waals surface area contributed by atoms with Crippen molar-refractivity contribution in [2.75, 3.05) is 13.1 Å². The number of hydrogen-bond acceptors (Lipinski definition) is 3. The summed E-state index contributed by atoms with van der Waals surface area (Å²) >= 11 is 0. The molecule has 1 saturated heterocycles. The van der Waals surface area contributed by atoms with Crippen LogP contribution in [-0.2, 0) is 4.79 Å². The molecule has 0 aromatic carbocycles. The second kappa shape index (κ2) is 2.56. The number of nitrogens with two attached hydrogens (primary N) is 1. The van der Waals surface area contributed by atoms with E-state index in [-0.39, 0.29) is 0 Å². The molecule has 10 heavy (non-hydrogen) atoms. The van der Waals surface area contributed by atoms with Crippen LogP contribution in [0.15, 0.2) is 0 Å². The Kier molecular flexibility index (Phi) is 1.92. The van der Waals surface area contributed by atoms with Crippen molar-refractivity contribution in [3.05, 3.63) is 0 Å². The van der Waals surface area contributed by atoms with Crippen LogP contribution in [0.1, 0.15) is 12.8 Å². The van der Waals surface area contributed by atoms with Crippen LogP contribution >= 0.6 is 0 Å². The van der Waals surface area contributed by atoms with Crippen LogP contribution in [0.25, 0.3) is 0 Å². The van der Waals surface area contributed by atoms with Gasteiger partial charge in [-0.05, 0) is 25.9 Å². The fourth-order valence-electron chi connectivity index (χ4n) is 1.10. The third kappa shape index (κ3) is 1.27. The number of piperidine rings is 1. The quantitative estimate of drug-likeness (QED) is 0.486. The van der Waals surface area contributed by atoms with Crippen molar-refractivity contribution in [2.24, 2.45) is 5.73 Å². The summed E-state index contributed by atoms with van der Waals surface area (Å²) in [5.41, 5.74) is 11.6. The highest BCUT2D eigenvalue weighted by atomic mass is 16.1. The van der Waals surface area contributed by atoms with Crippen molar-refractivity contribution in [3.8, 4) is 0 Å². The van der Waals surface area contributed by atoms with Gasteiger partial charge in [0.2, 0.25) is 0 Å². The molecule has 4 heteroatoms. The predicted molar refractivity (Wildman–Crippen MR) is 37.1 cm³/mol. The first-order valence-electron chi connectivity index (χ1n) is 3.41. The summed E-state index contributed by atoms with van der Waals surface area (Å²) in [6.45, 7) is 1.50. The maximum atomic E-state index is 10.6. The van der Waals surface area contributed by atoms with Gasteiger partial charge in [-0.25, -0.2) is 0 Å². The molecule has 1 aliphatic rings. The van der Waals surface area contributed by atoms with Crippen molar-refractivity contribution in [2.45, 2.75) is 18.4 Å². The summed E-state index contributed by atoms with van der Waals surface area (Å²) < 4.78 is 0. The van der Waals surface area contributed by atoms with E-state index in [1.54, 1.807) is 0 Å². The highest BCUT2D eigenvalue weighted by Crippen LogP contribution is 2.13. The van der Waals surface area contributed by atoms with Crippen molar-refractivity contribution < 1.29 is 4.79 Å². The third-order valence-corrected chi connectivity index (χ3v) is 1.95. The van der Waals surface area contributed by atoms with Gasteiger partial charge in [0.15, 0.2) is 0 Å². The van der Waals surface area contributed by atoms with Gasteiger partial charge in [0.25, 0.3) is 5.91 Å². The van der Waals surface area contributed by atoms with E-state index in [1.165, 1.54) is 0 Å². The highest BCUT2D eigenvalue weighted by Gasteiger charge is 2.33. The van der Waals surface area contributed by atoms with Crippen molar-refractivity contribution in [3.63, 3.8) is 0 Å². The zero-order valence-electron chi connectivity index (χ0n) is 5.81. The maximum Gasteiger partial charge on any atom is 0.258 e. The Hall–Kier alpha value is -0.610. The van der Waals surface area contributed by atoms with Crippen molar-refractivity contribution in [1.29, 1.82) is 0 Å². The molecule has 0 aromatic heterocycles. The Morgan fingerprint density at radius 2 is 2.00 bits per heavy atom. The SMILES string of the molecule is [NH]C(=O)C1(N)CCNCC1. The molecule has 1 fully saturated rings. The van der Waals surface area contributed by atoms with Gasteiger partial charge in [-0.15, -0.1) is 0 Å². The lowest BCUT2D eigenvalue weighted by atomic mass is 9.89. The van der Waals surface area contributed by atoms with E-state index < -0.39 is 11.4 Å². The van der Waals surface area contributed by atoms with Crippen LogP contribution < -0.4 is 16.8 Å².